The number of unbranched alkanes of at least 4 members (excludes halogenated alkanes) is 5. The molecular formula is C23H40O4S. The molecule has 0 saturated carbocycles. The molecule has 0 aliphatic heterocycles. The summed E-state index contributed by atoms with van der Waals surface area (Å²) in [5, 5.41) is 0. The van der Waals surface area contributed by atoms with Crippen LogP contribution in [0.15, 0.2) is 30.3 Å². The van der Waals surface area contributed by atoms with Crippen LogP contribution in [0.1, 0.15) is 57.4 Å². The minimum atomic E-state index is -0.830. The molecule has 0 amide bonds. The van der Waals surface area contributed by atoms with Crippen molar-refractivity contribution < 1.29 is 18.9 Å². The molecule has 4 nitrogen and oxygen atoms in total. The summed E-state index contributed by atoms with van der Waals surface area (Å²) in [6.45, 7) is 4.25. The molecule has 5 heteroatoms. The van der Waals surface area contributed by atoms with Crippen molar-refractivity contribution in [2.24, 2.45) is 5.92 Å². The van der Waals surface area contributed by atoms with Crippen LogP contribution in [0.2, 0.25) is 0 Å². The van der Waals surface area contributed by atoms with Crippen LogP contribution in [-0.2, 0) is 24.7 Å². The third kappa shape index (κ3) is 8.83. The molecule has 1 atom stereocenters. The molecule has 1 aromatic rings. The SMILES string of the molecule is CCCCCCCCC(CS)C(OCCOC)(OCCOC)c1ccccc1. The van der Waals surface area contributed by atoms with Crippen molar-refractivity contribution >= 4 is 12.6 Å². The highest BCUT2D eigenvalue weighted by molar-refractivity contribution is 7.80. The van der Waals surface area contributed by atoms with E-state index in [1.54, 1.807) is 14.2 Å². The summed E-state index contributed by atoms with van der Waals surface area (Å²) in [5.74, 6) is 0.0194. The molecule has 0 N–H and O–H groups in total. The Morgan fingerprint density at radius 1 is 0.821 bits per heavy atom. The van der Waals surface area contributed by atoms with Crippen molar-refractivity contribution in [1.29, 1.82) is 0 Å². The van der Waals surface area contributed by atoms with Crippen molar-refractivity contribution in [3.63, 3.8) is 0 Å². The first kappa shape index (κ1) is 25.4. The third-order valence-corrected chi connectivity index (χ3v) is 5.49. The smallest absolute Gasteiger partial charge is 0.198 e. The fourth-order valence-corrected chi connectivity index (χ4v) is 3.90. The number of rotatable bonds is 18. The molecule has 1 rings (SSSR count). The van der Waals surface area contributed by atoms with Gasteiger partial charge in [-0.25, -0.2) is 0 Å². The van der Waals surface area contributed by atoms with Gasteiger partial charge >= 0.3 is 0 Å². The molecule has 1 unspecified atom stereocenters. The van der Waals surface area contributed by atoms with Crippen molar-refractivity contribution in [3.05, 3.63) is 35.9 Å². The summed E-state index contributed by atoms with van der Waals surface area (Å²) < 4.78 is 23.2. The molecule has 0 fully saturated rings. The van der Waals surface area contributed by atoms with E-state index in [1.807, 2.05) is 18.2 Å². The molecule has 28 heavy (non-hydrogen) atoms. The monoisotopic (exact) mass is 412 g/mol. The van der Waals surface area contributed by atoms with Crippen molar-refractivity contribution in [2.75, 3.05) is 46.4 Å². The fourth-order valence-electron chi connectivity index (χ4n) is 3.48. The summed E-state index contributed by atoms with van der Waals surface area (Å²) >= 11 is 4.69. The zero-order chi connectivity index (χ0) is 20.5. The first-order valence-corrected chi connectivity index (χ1v) is 11.3. The second-order valence-electron chi connectivity index (χ2n) is 7.15. The number of thiol groups is 1. The Labute approximate surface area is 177 Å². The average Bonchev–Trinajstić information content (AvgIpc) is 2.73. The number of hydrogen-bond donors (Lipinski definition) is 1. The molecule has 1 aromatic carbocycles. The van der Waals surface area contributed by atoms with E-state index >= 15 is 0 Å². The molecule has 0 bridgehead atoms. The number of hydrogen-bond acceptors (Lipinski definition) is 5. The molecule has 0 saturated heterocycles. The van der Waals surface area contributed by atoms with Gasteiger partial charge in [0.15, 0.2) is 5.79 Å². The van der Waals surface area contributed by atoms with Crippen LogP contribution in [0.3, 0.4) is 0 Å². The van der Waals surface area contributed by atoms with Crippen LogP contribution in [0.4, 0.5) is 0 Å². The molecule has 0 aliphatic carbocycles. The first-order valence-electron chi connectivity index (χ1n) is 10.7. The molecule has 0 spiro atoms. The van der Waals surface area contributed by atoms with E-state index in [0.29, 0.717) is 32.2 Å². The number of methoxy groups -OCH3 is 2. The van der Waals surface area contributed by atoms with Gasteiger partial charge in [-0.15, -0.1) is 0 Å². The quantitative estimate of drug-likeness (QED) is 0.197. The lowest BCUT2D eigenvalue weighted by atomic mass is 9.88. The van der Waals surface area contributed by atoms with E-state index in [4.69, 9.17) is 18.9 Å². The van der Waals surface area contributed by atoms with Gasteiger partial charge in [0, 0.05) is 25.7 Å². The van der Waals surface area contributed by atoms with Crippen LogP contribution in [0.25, 0.3) is 0 Å². The Kier molecular flexibility index (Phi) is 14.8. The Balaban J connectivity index is 2.94. The van der Waals surface area contributed by atoms with E-state index in [1.165, 1.54) is 32.1 Å². The lowest BCUT2D eigenvalue weighted by Gasteiger charge is -2.40. The molecule has 0 aliphatic rings. The maximum Gasteiger partial charge on any atom is 0.198 e. The standard InChI is InChI=1S/C23H40O4S/c1-4-5-6-7-8-10-15-22(20-28)23(26-18-16-24-2,27-19-17-25-3)21-13-11-9-12-14-21/h9,11-14,22,28H,4-8,10,15-20H2,1-3H3. The summed E-state index contributed by atoms with van der Waals surface area (Å²) in [6, 6.07) is 10.2. The van der Waals surface area contributed by atoms with E-state index < -0.39 is 5.79 Å². The fraction of sp³-hybridized carbons (Fsp3) is 0.739. The molecular weight excluding hydrogens is 372 g/mol. The molecule has 162 valence electrons. The normalized spacial score (nSPS) is 13.0. The van der Waals surface area contributed by atoms with Gasteiger partial charge in [-0.3, -0.25) is 0 Å². The Hall–Kier alpha value is -0.590. The van der Waals surface area contributed by atoms with Crippen molar-refractivity contribution in [3.8, 4) is 0 Å². The van der Waals surface area contributed by atoms with Crippen LogP contribution in [0, 0.1) is 5.92 Å². The zero-order valence-electron chi connectivity index (χ0n) is 18.0. The Morgan fingerprint density at radius 2 is 1.39 bits per heavy atom. The zero-order valence-corrected chi connectivity index (χ0v) is 18.9. The van der Waals surface area contributed by atoms with Gasteiger partial charge in [0.1, 0.15) is 0 Å². The highest BCUT2D eigenvalue weighted by Crippen LogP contribution is 2.39. The van der Waals surface area contributed by atoms with E-state index in [9.17, 15) is 0 Å². The summed E-state index contributed by atoms with van der Waals surface area (Å²) in [5.41, 5.74) is 1.03. The largest absolute Gasteiger partial charge is 0.382 e. The predicted octanol–water partition coefficient (Wildman–Crippen LogP) is 5.46. The van der Waals surface area contributed by atoms with Gasteiger partial charge in [0.2, 0.25) is 0 Å². The Bertz CT molecular complexity index is 459. The number of benzene rings is 1. The van der Waals surface area contributed by atoms with Gasteiger partial charge in [0.25, 0.3) is 0 Å². The van der Waals surface area contributed by atoms with Gasteiger partial charge in [0.05, 0.1) is 26.4 Å². The first-order chi connectivity index (χ1) is 13.7. The van der Waals surface area contributed by atoms with Gasteiger partial charge in [-0.2, -0.15) is 12.6 Å². The van der Waals surface area contributed by atoms with Crippen molar-refractivity contribution in [1.82, 2.24) is 0 Å². The average molecular weight is 413 g/mol. The van der Waals surface area contributed by atoms with Gasteiger partial charge < -0.3 is 18.9 Å². The van der Waals surface area contributed by atoms with Crippen LogP contribution in [0.5, 0.6) is 0 Å². The molecule has 0 heterocycles. The minimum Gasteiger partial charge on any atom is -0.382 e. The maximum absolute atomic E-state index is 6.40. The van der Waals surface area contributed by atoms with Crippen molar-refractivity contribution in [2.45, 2.75) is 57.7 Å². The second kappa shape index (κ2) is 16.2. The summed E-state index contributed by atoms with van der Waals surface area (Å²) in [7, 11) is 3.37. The second-order valence-corrected chi connectivity index (χ2v) is 7.52. The van der Waals surface area contributed by atoms with Gasteiger partial charge in [-0.05, 0) is 12.2 Å². The van der Waals surface area contributed by atoms with Crippen LogP contribution < -0.4 is 0 Å². The highest BCUT2D eigenvalue weighted by atomic mass is 32.1. The van der Waals surface area contributed by atoms with Crippen LogP contribution >= 0.6 is 12.6 Å². The topological polar surface area (TPSA) is 36.9 Å². The summed E-state index contributed by atoms with van der Waals surface area (Å²) in [4.78, 5) is 0. The molecule has 0 radical (unpaired) electrons. The van der Waals surface area contributed by atoms with Gasteiger partial charge in [-0.1, -0.05) is 75.8 Å². The Morgan fingerprint density at radius 3 is 1.93 bits per heavy atom. The lowest BCUT2D eigenvalue weighted by molar-refractivity contribution is -0.281. The maximum atomic E-state index is 6.40. The lowest BCUT2D eigenvalue weighted by Crippen LogP contribution is -2.43. The highest BCUT2D eigenvalue weighted by Gasteiger charge is 2.42. The summed E-state index contributed by atoms with van der Waals surface area (Å²) in [6.07, 6.45) is 8.63. The third-order valence-electron chi connectivity index (χ3n) is 5.05. The van der Waals surface area contributed by atoms with E-state index in [0.717, 1.165) is 18.4 Å². The van der Waals surface area contributed by atoms with E-state index in [-0.39, 0.29) is 5.92 Å². The number of ether oxygens (including phenoxy) is 4. The van der Waals surface area contributed by atoms with Crippen LogP contribution in [-0.4, -0.2) is 46.4 Å². The van der Waals surface area contributed by atoms with E-state index in [2.05, 4.69) is 31.7 Å². The molecule has 0 aromatic heterocycles. The minimum absolute atomic E-state index is 0.151. The predicted molar refractivity (Wildman–Crippen MR) is 119 cm³/mol.